The van der Waals surface area contributed by atoms with Gasteiger partial charge in [-0.3, -0.25) is 5.10 Å². The summed E-state index contributed by atoms with van der Waals surface area (Å²) in [7, 11) is 1.81. The summed E-state index contributed by atoms with van der Waals surface area (Å²) < 4.78 is 5.56. The predicted octanol–water partition coefficient (Wildman–Crippen LogP) is 0.620. The summed E-state index contributed by atoms with van der Waals surface area (Å²) >= 11 is 0. The highest BCUT2D eigenvalue weighted by Gasteiger charge is 2.21. The Balaban J connectivity index is 2.05. The Morgan fingerprint density at radius 1 is 1.50 bits per heavy atom. The molecule has 96 valence electrons. The zero-order valence-corrected chi connectivity index (χ0v) is 10.5. The van der Waals surface area contributed by atoms with Gasteiger partial charge in [0.2, 0.25) is 5.95 Å². The molecular weight excluding hydrogens is 232 g/mol. The molecule has 3 heterocycles. The minimum absolute atomic E-state index is 0.216. The van der Waals surface area contributed by atoms with Crippen LogP contribution in [0, 0.1) is 0 Å². The second-order valence-corrected chi connectivity index (χ2v) is 4.38. The molecule has 2 N–H and O–H groups in total. The molecule has 1 saturated heterocycles. The molecular formula is C11H16N6O. The van der Waals surface area contributed by atoms with Gasteiger partial charge in [0, 0.05) is 20.1 Å². The molecule has 1 aliphatic rings. The van der Waals surface area contributed by atoms with Crippen molar-refractivity contribution < 1.29 is 4.74 Å². The lowest BCUT2D eigenvalue weighted by Gasteiger charge is -2.32. The van der Waals surface area contributed by atoms with E-state index < -0.39 is 0 Å². The third-order valence-corrected chi connectivity index (χ3v) is 3.05. The Bertz CT molecular complexity index is 553. The summed E-state index contributed by atoms with van der Waals surface area (Å²) in [6.07, 6.45) is 1.98. The number of nitrogens with zero attached hydrogens (tertiary/aromatic N) is 4. The van der Waals surface area contributed by atoms with E-state index in [0.717, 1.165) is 36.5 Å². The number of aromatic amines is 1. The fourth-order valence-corrected chi connectivity index (χ4v) is 2.18. The number of fused-ring (bicyclic) bond motifs is 1. The zero-order valence-electron chi connectivity index (χ0n) is 10.5. The summed E-state index contributed by atoms with van der Waals surface area (Å²) in [5.74, 6) is 1.51. The van der Waals surface area contributed by atoms with Gasteiger partial charge in [-0.2, -0.15) is 15.1 Å². The minimum atomic E-state index is 0.216. The molecule has 0 aliphatic carbocycles. The number of hydrogen-bond donors (Lipinski definition) is 2. The van der Waals surface area contributed by atoms with Gasteiger partial charge in [0.25, 0.3) is 0 Å². The fourth-order valence-electron chi connectivity index (χ4n) is 2.18. The number of rotatable bonds is 2. The summed E-state index contributed by atoms with van der Waals surface area (Å²) in [6, 6.07) is 0. The third-order valence-electron chi connectivity index (χ3n) is 3.05. The van der Waals surface area contributed by atoms with Gasteiger partial charge in [-0.25, -0.2) is 0 Å². The second kappa shape index (κ2) is 4.41. The Morgan fingerprint density at radius 2 is 2.39 bits per heavy atom. The number of anilines is 2. The number of nitrogens with one attached hydrogen (secondary N) is 2. The van der Waals surface area contributed by atoms with Crippen LogP contribution < -0.4 is 10.2 Å². The molecule has 0 spiro atoms. The Morgan fingerprint density at radius 3 is 3.17 bits per heavy atom. The molecule has 1 aliphatic heterocycles. The van der Waals surface area contributed by atoms with E-state index in [2.05, 4.69) is 37.3 Å². The van der Waals surface area contributed by atoms with Crippen LogP contribution in [0.2, 0.25) is 0 Å². The highest BCUT2D eigenvalue weighted by atomic mass is 16.5. The monoisotopic (exact) mass is 248 g/mol. The first-order chi connectivity index (χ1) is 8.78. The average molecular weight is 248 g/mol. The lowest BCUT2D eigenvalue weighted by atomic mass is 10.2. The van der Waals surface area contributed by atoms with Gasteiger partial charge >= 0.3 is 0 Å². The number of H-pyrrole nitrogens is 1. The first kappa shape index (κ1) is 11.2. The van der Waals surface area contributed by atoms with Crippen LogP contribution in [-0.2, 0) is 4.74 Å². The number of ether oxygens (including phenoxy) is 1. The summed E-state index contributed by atoms with van der Waals surface area (Å²) in [4.78, 5) is 11.1. The molecule has 0 amide bonds. The first-order valence-corrected chi connectivity index (χ1v) is 6.03. The molecule has 1 atom stereocenters. The number of morpholine rings is 1. The molecule has 1 unspecified atom stereocenters. The zero-order chi connectivity index (χ0) is 12.5. The van der Waals surface area contributed by atoms with Crippen LogP contribution in [0.25, 0.3) is 11.0 Å². The maximum absolute atomic E-state index is 5.56. The Kier molecular flexibility index (Phi) is 2.75. The fraction of sp³-hybridized carbons (Fsp3) is 0.545. The van der Waals surface area contributed by atoms with Gasteiger partial charge in [0.05, 0.1) is 24.3 Å². The maximum Gasteiger partial charge on any atom is 0.226 e. The van der Waals surface area contributed by atoms with E-state index in [4.69, 9.17) is 4.74 Å². The molecule has 7 nitrogen and oxygen atoms in total. The van der Waals surface area contributed by atoms with Gasteiger partial charge in [0.15, 0.2) is 5.65 Å². The molecule has 0 aromatic carbocycles. The molecule has 7 heteroatoms. The van der Waals surface area contributed by atoms with E-state index >= 15 is 0 Å². The lowest BCUT2D eigenvalue weighted by molar-refractivity contribution is 0.0530. The molecule has 0 saturated carbocycles. The smallest absolute Gasteiger partial charge is 0.226 e. The van der Waals surface area contributed by atoms with Gasteiger partial charge < -0.3 is 15.0 Å². The largest absolute Gasteiger partial charge is 0.375 e. The normalized spacial score (nSPS) is 20.3. The maximum atomic E-state index is 5.56. The third kappa shape index (κ3) is 1.86. The first-order valence-electron chi connectivity index (χ1n) is 6.03. The van der Waals surface area contributed by atoms with E-state index in [0.29, 0.717) is 5.95 Å². The van der Waals surface area contributed by atoms with Gasteiger partial charge in [-0.1, -0.05) is 0 Å². The molecule has 1 fully saturated rings. The van der Waals surface area contributed by atoms with Gasteiger partial charge in [-0.05, 0) is 6.92 Å². The number of hydrogen-bond acceptors (Lipinski definition) is 6. The standard InChI is InChI=1S/C11H16N6O/c1-7-6-17(3-4-18-7)10-8-5-13-16-9(8)14-11(12-2)15-10/h5,7H,3-4,6H2,1-2H3,(H2,12,13,14,15,16). The van der Waals surface area contributed by atoms with Crippen LogP contribution in [0.4, 0.5) is 11.8 Å². The van der Waals surface area contributed by atoms with Crippen LogP contribution in [0.5, 0.6) is 0 Å². The van der Waals surface area contributed by atoms with Crippen molar-refractivity contribution in [2.24, 2.45) is 0 Å². The van der Waals surface area contributed by atoms with Crippen LogP contribution in [0.15, 0.2) is 6.20 Å². The second-order valence-electron chi connectivity index (χ2n) is 4.38. The number of aromatic nitrogens is 4. The van der Waals surface area contributed by atoms with Crippen molar-refractivity contribution in [1.29, 1.82) is 0 Å². The van der Waals surface area contributed by atoms with Crippen molar-refractivity contribution in [2.45, 2.75) is 13.0 Å². The topological polar surface area (TPSA) is 79.0 Å². The van der Waals surface area contributed by atoms with E-state index in [1.807, 2.05) is 7.05 Å². The minimum Gasteiger partial charge on any atom is -0.375 e. The molecule has 0 bridgehead atoms. The highest BCUT2D eigenvalue weighted by Crippen LogP contribution is 2.25. The summed E-state index contributed by atoms with van der Waals surface area (Å²) in [5, 5.41) is 10.8. The van der Waals surface area contributed by atoms with Crippen molar-refractivity contribution >= 4 is 22.8 Å². The van der Waals surface area contributed by atoms with E-state index in [-0.39, 0.29) is 6.10 Å². The SMILES string of the molecule is CNc1nc(N2CCOC(C)C2)c2cn[nH]c2n1. The highest BCUT2D eigenvalue weighted by molar-refractivity contribution is 5.87. The Labute approximate surface area is 105 Å². The summed E-state index contributed by atoms with van der Waals surface area (Å²) in [6.45, 7) is 4.46. The van der Waals surface area contributed by atoms with Gasteiger partial charge in [0.1, 0.15) is 5.82 Å². The van der Waals surface area contributed by atoms with Crippen LogP contribution in [-0.4, -0.2) is 53.0 Å². The van der Waals surface area contributed by atoms with E-state index in [1.165, 1.54) is 0 Å². The molecule has 0 radical (unpaired) electrons. The van der Waals surface area contributed by atoms with Gasteiger partial charge in [-0.15, -0.1) is 0 Å². The van der Waals surface area contributed by atoms with Crippen LogP contribution >= 0.6 is 0 Å². The quantitative estimate of drug-likeness (QED) is 0.811. The van der Waals surface area contributed by atoms with Crippen molar-refractivity contribution in [2.75, 3.05) is 37.0 Å². The Hall–Kier alpha value is -1.89. The van der Waals surface area contributed by atoms with Crippen LogP contribution in [0.1, 0.15) is 6.92 Å². The summed E-state index contributed by atoms with van der Waals surface area (Å²) in [5.41, 5.74) is 0.753. The average Bonchev–Trinajstić information content (AvgIpc) is 2.85. The van der Waals surface area contributed by atoms with Crippen molar-refractivity contribution in [3.05, 3.63) is 6.20 Å². The molecule has 2 aromatic rings. The van der Waals surface area contributed by atoms with E-state index in [9.17, 15) is 0 Å². The van der Waals surface area contributed by atoms with E-state index in [1.54, 1.807) is 6.20 Å². The molecule has 3 rings (SSSR count). The van der Waals surface area contributed by atoms with Crippen molar-refractivity contribution in [1.82, 2.24) is 20.2 Å². The predicted molar refractivity (Wildman–Crippen MR) is 68.9 cm³/mol. The van der Waals surface area contributed by atoms with Crippen molar-refractivity contribution in [3.8, 4) is 0 Å². The van der Waals surface area contributed by atoms with Crippen molar-refractivity contribution in [3.63, 3.8) is 0 Å². The molecule has 2 aromatic heterocycles. The van der Waals surface area contributed by atoms with Crippen LogP contribution in [0.3, 0.4) is 0 Å². The lowest BCUT2D eigenvalue weighted by Crippen LogP contribution is -2.41. The molecule has 18 heavy (non-hydrogen) atoms.